The molecule has 1 amide bonds. The molecule has 4 nitrogen and oxygen atoms in total. The van der Waals surface area contributed by atoms with Gasteiger partial charge in [0.05, 0.1) is 6.04 Å². The molecule has 0 aromatic heterocycles. The molecule has 1 aliphatic carbocycles. The second-order valence-electron chi connectivity index (χ2n) is 5.84. The Bertz CT molecular complexity index is 457. The van der Waals surface area contributed by atoms with Gasteiger partial charge in [-0.15, -0.1) is 0 Å². The average Bonchev–Trinajstić information content (AvgIpc) is 2.89. The van der Waals surface area contributed by atoms with Crippen molar-refractivity contribution in [3.8, 4) is 0 Å². The second-order valence-corrected chi connectivity index (χ2v) is 5.84. The van der Waals surface area contributed by atoms with Gasteiger partial charge in [-0.2, -0.15) is 0 Å². The number of carbonyl (C=O) groups is 1. The van der Waals surface area contributed by atoms with Crippen molar-refractivity contribution < 1.29 is 4.79 Å². The second kappa shape index (κ2) is 5.94. The van der Waals surface area contributed by atoms with E-state index in [1.165, 1.54) is 11.1 Å². The van der Waals surface area contributed by atoms with Gasteiger partial charge in [0.15, 0.2) is 0 Å². The summed E-state index contributed by atoms with van der Waals surface area (Å²) < 4.78 is 0. The van der Waals surface area contributed by atoms with Gasteiger partial charge in [0, 0.05) is 32.2 Å². The number of carbonyl (C=O) groups excluding carboxylic acids is 1. The van der Waals surface area contributed by atoms with Crippen LogP contribution in [0.4, 0.5) is 0 Å². The van der Waals surface area contributed by atoms with Crippen LogP contribution in [-0.2, 0) is 17.6 Å². The maximum atomic E-state index is 12.4. The van der Waals surface area contributed by atoms with Gasteiger partial charge in [-0.3, -0.25) is 9.69 Å². The van der Waals surface area contributed by atoms with Crippen LogP contribution in [0, 0.1) is 0 Å². The first-order valence-electron chi connectivity index (χ1n) is 7.56. The molecule has 1 aromatic carbocycles. The van der Waals surface area contributed by atoms with Crippen molar-refractivity contribution in [2.75, 3.05) is 26.2 Å². The SMILES string of the molecule is CC(C(=O)NC1Cc2ccccc2C1)N1CCNCC1. The van der Waals surface area contributed by atoms with Crippen molar-refractivity contribution in [1.29, 1.82) is 0 Å². The van der Waals surface area contributed by atoms with Crippen LogP contribution in [-0.4, -0.2) is 49.1 Å². The molecule has 1 saturated heterocycles. The Balaban J connectivity index is 1.55. The summed E-state index contributed by atoms with van der Waals surface area (Å²) in [6.07, 6.45) is 1.94. The van der Waals surface area contributed by atoms with E-state index >= 15 is 0 Å². The maximum Gasteiger partial charge on any atom is 0.237 e. The van der Waals surface area contributed by atoms with E-state index < -0.39 is 0 Å². The van der Waals surface area contributed by atoms with Gasteiger partial charge in [-0.25, -0.2) is 0 Å². The summed E-state index contributed by atoms with van der Waals surface area (Å²) in [4.78, 5) is 14.6. The Hall–Kier alpha value is -1.39. The van der Waals surface area contributed by atoms with Crippen LogP contribution in [0.5, 0.6) is 0 Å². The Morgan fingerprint density at radius 2 is 1.85 bits per heavy atom. The Labute approximate surface area is 120 Å². The number of nitrogens with zero attached hydrogens (tertiary/aromatic N) is 1. The Kier molecular flexibility index (Phi) is 4.03. The molecule has 1 unspecified atom stereocenters. The van der Waals surface area contributed by atoms with Crippen LogP contribution in [0.1, 0.15) is 18.1 Å². The van der Waals surface area contributed by atoms with E-state index in [0.29, 0.717) is 0 Å². The van der Waals surface area contributed by atoms with Crippen molar-refractivity contribution in [2.45, 2.75) is 31.8 Å². The predicted octanol–water partition coefficient (Wildman–Crippen LogP) is 0.564. The summed E-state index contributed by atoms with van der Waals surface area (Å²) in [5.74, 6) is 0.171. The fraction of sp³-hybridized carbons (Fsp3) is 0.562. The van der Waals surface area contributed by atoms with Gasteiger partial charge in [0.1, 0.15) is 0 Å². The molecule has 3 rings (SSSR count). The van der Waals surface area contributed by atoms with E-state index in [-0.39, 0.29) is 18.0 Å². The molecule has 4 heteroatoms. The van der Waals surface area contributed by atoms with Gasteiger partial charge >= 0.3 is 0 Å². The first-order chi connectivity index (χ1) is 9.74. The molecule has 1 aliphatic heterocycles. The molecule has 1 aromatic rings. The Morgan fingerprint density at radius 1 is 1.25 bits per heavy atom. The van der Waals surface area contributed by atoms with Crippen molar-refractivity contribution in [2.24, 2.45) is 0 Å². The third-order valence-corrected chi connectivity index (χ3v) is 4.48. The summed E-state index contributed by atoms with van der Waals surface area (Å²) >= 11 is 0. The number of rotatable bonds is 3. The predicted molar refractivity (Wildman–Crippen MR) is 79.7 cm³/mol. The molecule has 1 fully saturated rings. The van der Waals surface area contributed by atoms with Crippen LogP contribution in [0.15, 0.2) is 24.3 Å². The smallest absolute Gasteiger partial charge is 0.237 e. The van der Waals surface area contributed by atoms with Crippen molar-refractivity contribution in [3.63, 3.8) is 0 Å². The molecule has 1 heterocycles. The van der Waals surface area contributed by atoms with E-state index in [9.17, 15) is 4.79 Å². The Morgan fingerprint density at radius 3 is 2.45 bits per heavy atom. The summed E-state index contributed by atoms with van der Waals surface area (Å²) in [6.45, 7) is 5.89. The van der Waals surface area contributed by atoms with Crippen molar-refractivity contribution in [3.05, 3.63) is 35.4 Å². The molecular formula is C16H23N3O. The summed E-state index contributed by atoms with van der Waals surface area (Å²) in [5.41, 5.74) is 2.76. The number of hydrogen-bond acceptors (Lipinski definition) is 3. The van der Waals surface area contributed by atoms with Gasteiger partial charge < -0.3 is 10.6 Å². The lowest BCUT2D eigenvalue weighted by Crippen LogP contribution is -2.54. The molecule has 0 saturated carbocycles. The zero-order valence-electron chi connectivity index (χ0n) is 12.1. The molecule has 2 N–H and O–H groups in total. The van der Waals surface area contributed by atoms with E-state index in [4.69, 9.17) is 0 Å². The molecule has 108 valence electrons. The number of piperazine rings is 1. The average molecular weight is 273 g/mol. The lowest BCUT2D eigenvalue weighted by atomic mass is 10.1. The van der Waals surface area contributed by atoms with Crippen LogP contribution < -0.4 is 10.6 Å². The number of hydrogen-bond donors (Lipinski definition) is 2. The van der Waals surface area contributed by atoms with E-state index in [0.717, 1.165) is 39.0 Å². The summed E-state index contributed by atoms with van der Waals surface area (Å²) in [6, 6.07) is 8.73. The minimum absolute atomic E-state index is 0.0270. The monoisotopic (exact) mass is 273 g/mol. The fourth-order valence-electron chi connectivity index (χ4n) is 3.22. The minimum atomic E-state index is -0.0270. The van der Waals surface area contributed by atoms with E-state index in [2.05, 4.69) is 39.8 Å². The van der Waals surface area contributed by atoms with E-state index in [1.807, 2.05) is 6.92 Å². The third kappa shape index (κ3) is 2.86. The van der Waals surface area contributed by atoms with Crippen LogP contribution >= 0.6 is 0 Å². The van der Waals surface area contributed by atoms with Gasteiger partial charge in [0.2, 0.25) is 5.91 Å². The third-order valence-electron chi connectivity index (χ3n) is 4.48. The normalized spacial score (nSPS) is 21.4. The quantitative estimate of drug-likeness (QED) is 0.846. The molecule has 1 atom stereocenters. The van der Waals surface area contributed by atoms with Crippen molar-refractivity contribution >= 4 is 5.91 Å². The lowest BCUT2D eigenvalue weighted by molar-refractivity contribution is -0.126. The van der Waals surface area contributed by atoms with Crippen LogP contribution in [0.2, 0.25) is 0 Å². The van der Waals surface area contributed by atoms with Gasteiger partial charge in [-0.1, -0.05) is 24.3 Å². The van der Waals surface area contributed by atoms with Crippen LogP contribution in [0.25, 0.3) is 0 Å². The standard InChI is InChI=1S/C16H23N3O/c1-12(19-8-6-17-7-9-19)16(20)18-15-10-13-4-2-3-5-14(13)11-15/h2-5,12,15,17H,6-11H2,1H3,(H,18,20). The lowest BCUT2D eigenvalue weighted by Gasteiger charge is -2.32. The maximum absolute atomic E-state index is 12.4. The summed E-state index contributed by atoms with van der Waals surface area (Å²) in [5, 5.41) is 6.54. The highest BCUT2D eigenvalue weighted by atomic mass is 16.2. The molecule has 0 bridgehead atoms. The topological polar surface area (TPSA) is 44.4 Å². The minimum Gasteiger partial charge on any atom is -0.351 e. The molecule has 0 spiro atoms. The molecular weight excluding hydrogens is 250 g/mol. The first-order valence-corrected chi connectivity index (χ1v) is 7.56. The molecule has 0 radical (unpaired) electrons. The number of benzene rings is 1. The summed E-state index contributed by atoms with van der Waals surface area (Å²) in [7, 11) is 0. The number of amides is 1. The van der Waals surface area contributed by atoms with E-state index in [1.54, 1.807) is 0 Å². The van der Waals surface area contributed by atoms with Gasteiger partial charge in [-0.05, 0) is 30.9 Å². The number of nitrogens with one attached hydrogen (secondary N) is 2. The van der Waals surface area contributed by atoms with Crippen LogP contribution in [0.3, 0.4) is 0 Å². The first kappa shape index (κ1) is 13.6. The fourth-order valence-corrected chi connectivity index (χ4v) is 3.22. The zero-order chi connectivity index (χ0) is 13.9. The highest BCUT2D eigenvalue weighted by molar-refractivity contribution is 5.81. The van der Waals surface area contributed by atoms with Crippen molar-refractivity contribution in [1.82, 2.24) is 15.5 Å². The highest BCUT2D eigenvalue weighted by Gasteiger charge is 2.27. The zero-order valence-corrected chi connectivity index (χ0v) is 12.1. The molecule has 20 heavy (non-hydrogen) atoms. The number of fused-ring (bicyclic) bond motifs is 1. The highest BCUT2D eigenvalue weighted by Crippen LogP contribution is 2.21. The largest absolute Gasteiger partial charge is 0.351 e. The van der Waals surface area contributed by atoms with Gasteiger partial charge in [0.25, 0.3) is 0 Å². The molecule has 2 aliphatic rings.